The number of aromatic hydroxyl groups is 1. The highest BCUT2D eigenvalue weighted by atomic mass is 16.7. The summed E-state index contributed by atoms with van der Waals surface area (Å²) in [5.74, 6) is -8.12. The Labute approximate surface area is 338 Å². The number of phenols is 1. The third-order valence-electron chi connectivity index (χ3n) is 11.6. The number of carbonyl (C=O) groups excluding carboxylic acids is 4. The number of allylic oxidation sites excluding steroid dienone is 3. The number of methoxy groups -OCH3 is 1. The summed E-state index contributed by atoms with van der Waals surface area (Å²) in [4.78, 5) is 54.8. The molecule has 1 aromatic carbocycles. The molecule has 58 heavy (non-hydrogen) atoms. The van der Waals surface area contributed by atoms with Gasteiger partial charge in [-0.1, -0.05) is 45.9 Å². The number of ether oxygens (including phenoxy) is 4. The summed E-state index contributed by atoms with van der Waals surface area (Å²) in [6.45, 7) is 14.8. The molecule has 316 valence electrons. The second-order valence-electron chi connectivity index (χ2n) is 15.7. The number of hydrogen-bond donors (Lipinski definition) is 6. The average Bonchev–Trinajstić information content (AvgIpc) is 3.46. The van der Waals surface area contributed by atoms with E-state index in [4.69, 9.17) is 18.9 Å². The zero-order chi connectivity index (χ0) is 42.8. The summed E-state index contributed by atoms with van der Waals surface area (Å²) in [6.07, 6.45) is 3.03. The number of aliphatic hydroxyl groups is 3. The molecular formula is C42H56N4O12. The molecule has 16 nitrogen and oxygen atoms in total. The van der Waals surface area contributed by atoms with Gasteiger partial charge in [0, 0.05) is 93.1 Å². The van der Waals surface area contributed by atoms with E-state index < -0.39 is 89.2 Å². The third-order valence-corrected chi connectivity index (χ3v) is 11.6. The number of fused-ring (bicyclic) bond motifs is 14. The second kappa shape index (κ2) is 18.0. The Morgan fingerprint density at radius 2 is 1.67 bits per heavy atom. The van der Waals surface area contributed by atoms with E-state index >= 15 is 0 Å². The molecule has 4 heterocycles. The van der Waals surface area contributed by atoms with Crippen LogP contribution in [0.1, 0.15) is 86.4 Å². The number of Topliss-reactive ketones (excluding diaryl/α,β-unsaturated/α-hetero) is 2. The van der Waals surface area contributed by atoms with Crippen molar-refractivity contribution < 1.29 is 58.6 Å². The van der Waals surface area contributed by atoms with Gasteiger partial charge in [-0.25, -0.2) is 0 Å². The quantitative estimate of drug-likeness (QED) is 0.190. The number of nitrogens with zero attached hydrogens (tertiary/aromatic N) is 2. The molecule has 0 radical (unpaired) electrons. The van der Waals surface area contributed by atoms with Gasteiger partial charge in [-0.05, 0) is 19.9 Å². The molecule has 4 aliphatic heterocycles. The number of hydrogen-bond acceptors (Lipinski definition) is 15. The van der Waals surface area contributed by atoms with Crippen LogP contribution in [0.15, 0.2) is 52.5 Å². The first-order chi connectivity index (χ1) is 27.3. The van der Waals surface area contributed by atoms with E-state index in [1.807, 2.05) is 0 Å². The number of phenolic OH excluding ortho intramolecular Hbond substituents is 1. The molecule has 16 heteroatoms. The number of carbonyl (C=O) groups is 4. The largest absolute Gasteiger partial charge is 0.507 e. The van der Waals surface area contributed by atoms with Crippen molar-refractivity contribution in [1.82, 2.24) is 15.6 Å². The molecule has 0 aromatic heterocycles. The summed E-state index contributed by atoms with van der Waals surface area (Å²) < 4.78 is 23.5. The maximum atomic E-state index is 14.4. The van der Waals surface area contributed by atoms with Crippen molar-refractivity contribution in [1.29, 1.82) is 0 Å². The fourth-order valence-corrected chi connectivity index (χ4v) is 7.90. The predicted molar refractivity (Wildman–Crippen MR) is 212 cm³/mol. The normalized spacial score (nSPS) is 34.6. The molecular weight excluding hydrogens is 752 g/mol. The van der Waals surface area contributed by atoms with Gasteiger partial charge in [0.05, 0.1) is 47.6 Å². The SMILES string of the molecule is CO[C@H]1/C=C/O[C@@]2(C)Oc3c(C)c(O)c4c(c3C2=O)C(O)C(/C=N/N2CCNCC2)=C(NC(=O)/C(C)=C\C=C\[C@@H](C)[C@@H](O)[C@@H](C)[C@H](O)[C@@H](C)[C@H](OC(C)=O)[C@@H]1C)C4=O. The number of benzene rings is 1. The molecule has 1 fully saturated rings. The maximum absolute atomic E-state index is 14.4. The molecule has 0 spiro atoms. The minimum Gasteiger partial charge on any atom is -0.507 e. The van der Waals surface area contributed by atoms with Crippen molar-refractivity contribution in [3.63, 3.8) is 0 Å². The smallest absolute Gasteiger partial charge is 0.312 e. The third kappa shape index (κ3) is 8.61. The summed E-state index contributed by atoms with van der Waals surface area (Å²) in [5, 5.41) is 58.5. The predicted octanol–water partition coefficient (Wildman–Crippen LogP) is 2.74. The van der Waals surface area contributed by atoms with Crippen LogP contribution in [0.4, 0.5) is 0 Å². The van der Waals surface area contributed by atoms with Crippen LogP contribution in [0.2, 0.25) is 0 Å². The fraction of sp³-hybridized carbons (Fsp3) is 0.548. The Hall–Kier alpha value is -4.87. The van der Waals surface area contributed by atoms with E-state index in [9.17, 15) is 39.6 Å². The maximum Gasteiger partial charge on any atom is 0.312 e. The van der Waals surface area contributed by atoms with Gasteiger partial charge in [-0.2, -0.15) is 5.10 Å². The minimum absolute atomic E-state index is 0.0278. The monoisotopic (exact) mass is 808 g/mol. The Kier molecular flexibility index (Phi) is 13.7. The van der Waals surface area contributed by atoms with Gasteiger partial charge in [0.25, 0.3) is 11.7 Å². The zero-order valence-electron chi connectivity index (χ0n) is 34.4. The van der Waals surface area contributed by atoms with E-state index in [2.05, 4.69) is 15.7 Å². The van der Waals surface area contributed by atoms with Crippen LogP contribution < -0.4 is 15.4 Å². The van der Waals surface area contributed by atoms with Crippen molar-refractivity contribution in [3.8, 4) is 11.5 Å². The fourth-order valence-electron chi connectivity index (χ4n) is 7.90. The Bertz CT molecular complexity index is 1950. The van der Waals surface area contributed by atoms with Crippen LogP contribution in [-0.4, -0.2) is 119 Å². The van der Waals surface area contributed by atoms with Gasteiger partial charge in [0.1, 0.15) is 23.7 Å². The first-order valence-electron chi connectivity index (χ1n) is 19.5. The number of piperazine rings is 1. The Morgan fingerprint density at radius 1 is 1.00 bits per heavy atom. The first kappa shape index (κ1) is 44.2. The lowest BCUT2D eigenvalue weighted by atomic mass is 9.78. The van der Waals surface area contributed by atoms with Crippen molar-refractivity contribution >= 4 is 29.7 Å². The molecule has 1 unspecified atom stereocenters. The number of aliphatic hydroxyl groups excluding tert-OH is 3. The molecule has 5 bridgehead atoms. The number of nitrogens with one attached hydrogen (secondary N) is 2. The molecule has 1 saturated heterocycles. The lowest BCUT2D eigenvalue weighted by Crippen LogP contribution is -2.46. The van der Waals surface area contributed by atoms with Gasteiger partial charge in [-0.3, -0.25) is 24.2 Å². The zero-order valence-corrected chi connectivity index (χ0v) is 34.4. The first-order valence-corrected chi connectivity index (χ1v) is 19.5. The van der Waals surface area contributed by atoms with Gasteiger partial charge in [0.2, 0.25) is 5.78 Å². The Balaban J connectivity index is 1.66. The molecule has 5 aliphatic rings. The summed E-state index contributed by atoms with van der Waals surface area (Å²) in [6, 6.07) is 0. The average molecular weight is 809 g/mol. The van der Waals surface area contributed by atoms with Crippen LogP contribution in [-0.2, 0) is 23.8 Å². The molecule has 1 amide bonds. The summed E-state index contributed by atoms with van der Waals surface area (Å²) >= 11 is 0. The molecule has 6 rings (SSSR count). The van der Waals surface area contributed by atoms with Crippen molar-refractivity contribution in [3.05, 3.63) is 69.7 Å². The lowest BCUT2D eigenvalue weighted by Gasteiger charge is -2.38. The molecule has 6 N–H and O–H groups in total. The van der Waals surface area contributed by atoms with Crippen LogP contribution in [0.25, 0.3) is 0 Å². The van der Waals surface area contributed by atoms with Crippen LogP contribution >= 0.6 is 0 Å². The van der Waals surface area contributed by atoms with Gasteiger partial charge < -0.3 is 50.0 Å². The number of esters is 1. The highest BCUT2D eigenvalue weighted by Crippen LogP contribution is 2.51. The number of rotatable bonds is 4. The summed E-state index contributed by atoms with van der Waals surface area (Å²) in [5.41, 5.74) is -1.08. The molecule has 1 aromatic rings. The number of hydrazone groups is 1. The second-order valence-corrected chi connectivity index (χ2v) is 15.7. The van der Waals surface area contributed by atoms with Crippen LogP contribution in [0.5, 0.6) is 11.5 Å². The number of ketones is 2. The van der Waals surface area contributed by atoms with Gasteiger partial charge in [-0.15, -0.1) is 0 Å². The lowest BCUT2D eigenvalue weighted by molar-refractivity contribution is -0.160. The van der Waals surface area contributed by atoms with E-state index in [0.717, 1.165) is 0 Å². The molecule has 10 atom stereocenters. The Morgan fingerprint density at radius 3 is 2.31 bits per heavy atom. The standard InChI is InChI=1S/C42H56N4O12/c1-20-11-10-12-21(2)41(54)45-32-27(19-44-46-16-14-43-15-17-46)36(51)29-30(37(32)52)35(50)25(6)39-31(29)40(53)42(8,58-39)56-18-13-28(55-9)22(3)38(57-26(7)47)24(5)34(49)23(4)33(20)48/h10-13,18-20,22-24,28,33-34,36,38,43,48-51H,14-17H2,1-9H3,(H,45,54)/b11-10+,18-13+,21-12-,44-19+/t20-,22-,23-,24-,28+,33-,34+,36?,38-,42+/m1/s1. The van der Waals surface area contributed by atoms with Crippen molar-refractivity contribution in [2.45, 2.75) is 91.7 Å². The highest BCUT2D eigenvalue weighted by Gasteiger charge is 2.52. The van der Waals surface area contributed by atoms with E-state index in [-0.39, 0.29) is 44.8 Å². The van der Waals surface area contributed by atoms with E-state index in [1.54, 1.807) is 44.9 Å². The van der Waals surface area contributed by atoms with E-state index in [0.29, 0.717) is 26.2 Å². The van der Waals surface area contributed by atoms with Crippen LogP contribution in [0, 0.1) is 30.6 Å². The number of amides is 1. The molecule has 0 saturated carbocycles. The van der Waals surface area contributed by atoms with Crippen molar-refractivity contribution in [2.24, 2.45) is 28.8 Å². The summed E-state index contributed by atoms with van der Waals surface area (Å²) in [7, 11) is 1.43. The topological polar surface area (TPSA) is 226 Å². The van der Waals surface area contributed by atoms with Crippen molar-refractivity contribution in [2.75, 3.05) is 33.3 Å². The van der Waals surface area contributed by atoms with Gasteiger partial charge >= 0.3 is 11.8 Å². The molecule has 1 aliphatic carbocycles. The van der Waals surface area contributed by atoms with Gasteiger partial charge in [0.15, 0.2) is 0 Å². The highest BCUT2D eigenvalue weighted by molar-refractivity contribution is 6.21. The van der Waals surface area contributed by atoms with Crippen LogP contribution in [0.3, 0.4) is 0 Å². The minimum atomic E-state index is -2.05. The van der Waals surface area contributed by atoms with E-state index in [1.165, 1.54) is 59.4 Å².